The van der Waals surface area contributed by atoms with Crippen LogP contribution in [0.25, 0.3) is 11.0 Å². The molecule has 0 aliphatic heterocycles. The van der Waals surface area contributed by atoms with Gasteiger partial charge >= 0.3 is 5.97 Å². The minimum absolute atomic E-state index is 0.0795. The number of furan rings is 1. The molecule has 0 aliphatic carbocycles. The van der Waals surface area contributed by atoms with Crippen LogP contribution in [0.4, 0.5) is 5.69 Å². The van der Waals surface area contributed by atoms with Crippen molar-refractivity contribution in [3.8, 4) is 0 Å². The van der Waals surface area contributed by atoms with Crippen molar-refractivity contribution in [1.82, 2.24) is 0 Å². The molecular formula is C22H23NO4. The number of benzene rings is 2. The summed E-state index contributed by atoms with van der Waals surface area (Å²) in [6.07, 6.45) is 0.0134. The number of anilines is 1. The van der Waals surface area contributed by atoms with E-state index >= 15 is 0 Å². The van der Waals surface area contributed by atoms with Crippen LogP contribution in [0.15, 0.2) is 59.0 Å². The molecule has 1 heterocycles. The zero-order valence-electron chi connectivity index (χ0n) is 15.7. The van der Waals surface area contributed by atoms with Crippen LogP contribution in [-0.4, -0.2) is 18.0 Å². The smallest absolute Gasteiger partial charge is 0.375 e. The van der Waals surface area contributed by atoms with E-state index in [1.807, 2.05) is 42.5 Å². The molecule has 0 saturated carbocycles. The van der Waals surface area contributed by atoms with Crippen molar-refractivity contribution in [2.75, 3.05) is 5.32 Å². The van der Waals surface area contributed by atoms with Crippen molar-refractivity contribution in [3.63, 3.8) is 0 Å². The van der Waals surface area contributed by atoms with E-state index in [1.165, 1.54) is 0 Å². The second kappa shape index (κ2) is 8.08. The summed E-state index contributed by atoms with van der Waals surface area (Å²) in [5, 5.41) is 3.67. The average molecular weight is 365 g/mol. The number of carbonyl (C=O) groups excluding carboxylic acids is 2. The van der Waals surface area contributed by atoms with Gasteiger partial charge in [-0.3, -0.25) is 4.79 Å². The van der Waals surface area contributed by atoms with Crippen LogP contribution >= 0.6 is 0 Å². The molecule has 0 spiro atoms. The highest BCUT2D eigenvalue weighted by atomic mass is 16.6. The number of para-hydroxylation sites is 2. The maximum atomic E-state index is 12.5. The first-order valence-electron chi connectivity index (χ1n) is 9.09. The molecule has 1 N–H and O–H groups in total. The monoisotopic (exact) mass is 365 g/mol. The number of hydrogen-bond donors (Lipinski definition) is 1. The van der Waals surface area contributed by atoms with E-state index in [1.54, 1.807) is 19.1 Å². The fourth-order valence-corrected chi connectivity index (χ4v) is 2.85. The van der Waals surface area contributed by atoms with Gasteiger partial charge in [-0.15, -0.1) is 0 Å². The van der Waals surface area contributed by atoms with Crippen LogP contribution in [0, 0.1) is 0 Å². The summed E-state index contributed by atoms with van der Waals surface area (Å²) in [5.41, 5.74) is 2.40. The second-order valence-electron chi connectivity index (χ2n) is 6.58. The molecule has 0 radical (unpaired) electrons. The Kier molecular flexibility index (Phi) is 5.60. The minimum Gasteiger partial charge on any atom is -0.449 e. The molecule has 140 valence electrons. The van der Waals surface area contributed by atoms with Crippen molar-refractivity contribution >= 4 is 28.5 Å². The summed E-state index contributed by atoms with van der Waals surface area (Å²) in [4.78, 5) is 24.8. The fraction of sp³-hybridized carbons (Fsp3) is 0.273. The normalized spacial score (nSPS) is 13.1. The predicted octanol–water partition coefficient (Wildman–Crippen LogP) is 5.13. The maximum Gasteiger partial charge on any atom is 0.375 e. The van der Waals surface area contributed by atoms with Crippen LogP contribution in [0.5, 0.6) is 0 Å². The lowest BCUT2D eigenvalue weighted by atomic mass is 9.97. The number of hydrogen-bond acceptors (Lipinski definition) is 4. The van der Waals surface area contributed by atoms with E-state index < -0.39 is 12.1 Å². The fourth-order valence-electron chi connectivity index (χ4n) is 2.85. The van der Waals surface area contributed by atoms with Gasteiger partial charge in [0.05, 0.1) is 0 Å². The van der Waals surface area contributed by atoms with Gasteiger partial charge in [0.25, 0.3) is 5.91 Å². The number of fused-ring (bicyclic) bond motifs is 1. The third kappa shape index (κ3) is 4.19. The number of carbonyl (C=O) groups is 2. The Morgan fingerprint density at radius 3 is 2.52 bits per heavy atom. The van der Waals surface area contributed by atoms with Crippen molar-refractivity contribution in [3.05, 3.63) is 65.9 Å². The van der Waals surface area contributed by atoms with E-state index in [2.05, 4.69) is 19.2 Å². The average Bonchev–Trinajstić information content (AvgIpc) is 3.12. The molecule has 5 heteroatoms. The van der Waals surface area contributed by atoms with E-state index in [4.69, 9.17) is 9.15 Å². The molecule has 3 aromatic rings. The van der Waals surface area contributed by atoms with E-state index in [9.17, 15) is 9.59 Å². The molecule has 2 atom stereocenters. The van der Waals surface area contributed by atoms with Gasteiger partial charge in [0, 0.05) is 11.1 Å². The van der Waals surface area contributed by atoms with Crippen LogP contribution in [-0.2, 0) is 9.53 Å². The van der Waals surface area contributed by atoms with Crippen LogP contribution in [0.1, 0.15) is 49.2 Å². The molecular weight excluding hydrogens is 342 g/mol. The zero-order valence-corrected chi connectivity index (χ0v) is 15.7. The molecule has 0 fully saturated rings. The minimum atomic E-state index is -0.948. The number of rotatable bonds is 6. The first-order chi connectivity index (χ1) is 13.0. The van der Waals surface area contributed by atoms with Gasteiger partial charge in [0.2, 0.25) is 5.76 Å². The Bertz CT molecular complexity index is 927. The summed E-state index contributed by atoms with van der Waals surface area (Å²) >= 11 is 0. The van der Waals surface area contributed by atoms with Gasteiger partial charge in [-0.1, -0.05) is 50.2 Å². The lowest BCUT2D eigenvalue weighted by Gasteiger charge is -2.17. The van der Waals surface area contributed by atoms with Gasteiger partial charge in [-0.05, 0) is 43.0 Å². The summed E-state index contributed by atoms with van der Waals surface area (Å²) in [6.45, 7) is 5.75. The summed E-state index contributed by atoms with van der Waals surface area (Å²) < 4.78 is 10.8. The zero-order chi connectivity index (χ0) is 19.4. The molecule has 1 amide bonds. The molecule has 27 heavy (non-hydrogen) atoms. The Labute approximate surface area is 158 Å². The van der Waals surface area contributed by atoms with Gasteiger partial charge in [0.15, 0.2) is 6.10 Å². The van der Waals surface area contributed by atoms with Gasteiger partial charge in [-0.2, -0.15) is 0 Å². The molecule has 5 nitrogen and oxygen atoms in total. The number of nitrogens with one attached hydrogen (secondary N) is 1. The first kappa shape index (κ1) is 18.7. The topological polar surface area (TPSA) is 68.5 Å². The SMILES string of the molecule is CCC(C)c1ccccc1NC(=O)C(C)OC(=O)c1cc2ccccc2o1. The largest absolute Gasteiger partial charge is 0.449 e. The van der Waals surface area contributed by atoms with E-state index in [0.717, 1.165) is 23.1 Å². The quantitative estimate of drug-likeness (QED) is 0.615. The second-order valence-corrected chi connectivity index (χ2v) is 6.58. The Morgan fingerprint density at radius 2 is 1.78 bits per heavy atom. The van der Waals surface area contributed by atoms with Crippen LogP contribution in [0.3, 0.4) is 0 Å². The van der Waals surface area contributed by atoms with Gasteiger partial charge in [0.1, 0.15) is 5.58 Å². The summed E-state index contributed by atoms with van der Waals surface area (Å²) in [7, 11) is 0. The molecule has 2 unspecified atom stereocenters. The molecule has 0 bridgehead atoms. The standard InChI is InChI=1S/C22H23NO4/c1-4-14(2)17-10-6-7-11-18(17)23-21(24)15(3)26-22(25)20-13-16-9-5-8-12-19(16)27-20/h5-15H,4H2,1-3H3,(H,23,24). The Morgan fingerprint density at radius 1 is 1.07 bits per heavy atom. The van der Waals surface area contributed by atoms with Crippen molar-refractivity contribution in [2.45, 2.75) is 39.2 Å². The molecule has 1 aromatic heterocycles. The van der Waals surface area contributed by atoms with Gasteiger partial charge in [-0.25, -0.2) is 4.79 Å². The third-order valence-corrected chi connectivity index (χ3v) is 4.64. The van der Waals surface area contributed by atoms with Crippen LogP contribution < -0.4 is 5.32 Å². The number of amides is 1. The molecule has 3 rings (SSSR count). The highest BCUT2D eigenvalue weighted by molar-refractivity contribution is 5.98. The number of ether oxygens (including phenoxy) is 1. The lowest BCUT2D eigenvalue weighted by Crippen LogP contribution is -2.30. The summed E-state index contributed by atoms with van der Waals surface area (Å²) in [6, 6.07) is 16.6. The van der Waals surface area contributed by atoms with Crippen molar-refractivity contribution < 1.29 is 18.7 Å². The lowest BCUT2D eigenvalue weighted by molar-refractivity contribution is -0.123. The Balaban J connectivity index is 1.68. The first-order valence-corrected chi connectivity index (χ1v) is 9.09. The van der Waals surface area contributed by atoms with Crippen molar-refractivity contribution in [1.29, 1.82) is 0 Å². The van der Waals surface area contributed by atoms with E-state index in [0.29, 0.717) is 11.5 Å². The van der Waals surface area contributed by atoms with Crippen molar-refractivity contribution in [2.24, 2.45) is 0 Å². The number of esters is 1. The molecule has 2 aromatic carbocycles. The molecule has 0 aliphatic rings. The summed E-state index contributed by atoms with van der Waals surface area (Å²) in [5.74, 6) is -0.648. The Hall–Kier alpha value is -3.08. The highest BCUT2D eigenvalue weighted by Crippen LogP contribution is 2.27. The maximum absolute atomic E-state index is 12.5. The highest BCUT2D eigenvalue weighted by Gasteiger charge is 2.22. The van der Waals surface area contributed by atoms with E-state index in [-0.39, 0.29) is 11.7 Å². The third-order valence-electron chi connectivity index (χ3n) is 4.64. The van der Waals surface area contributed by atoms with Crippen LogP contribution in [0.2, 0.25) is 0 Å². The predicted molar refractivity (Wildman–Crippen MR) is 105 cm³/mol. The molecule has 0 saturated heterocycles. The van der Waals surface area contributed by atoms with Gasteiger partial charge < -0.3 is 14.5 Å².